The molecule has 18 heavy (non-hydrogen) atoms. The maximum atomic E-state index is 13.3. The molecular formula is C13H16FN3O. The monoisotopic (exact) mass is 249 g/mol. The Bertz CT molecular complexity index is 519. The van der Waals surface area contributed by atoms with Crippen LogP contribution in [0.2, 0.25) is 0 Å². The molecule has 5 heteroatoms. The molecule has 0 aliphatic carbocycles. The Morgan fingerprint density at radius 3 is 2.83 bits per heavy atom. The van der Waals surface area contributed by atoms with E-state index in [0.717, 1.165) is 5.56 Å². The van der Waals surface area contributed by atoms with Crippen molar-refractivity contribution in [1.29, 1.82) is 0 Å². The molecule has 2 aromatic rings. The molecule has 1 atom stereocenters. The minimum absolute atomic E-state index is 0.330. The highest BCUT2D eigenvalue weighted by Gasteiger charge is 2.13. The Kier molecular flexibility index (Phi) is 3.72. The minimum atomic E-state index is -0.770. The topological polar surface area (TPSA) is 50.9 Å². The molecule has 1 N–H and O–H groups in total. The van der Waals surface area contributed by atoms with E-state index < -0.39 is 6.10 Å². The number of rotatable bonds is 4. The van der Waals surface area contributed by atoms with Crippen LogP contribution in [0.3, 0.4) is 0 Å². The Morgan fingerprint density at radius 1 is 1.39 bits per heavy atom. The summed E-state index contributed by atoms with van der Waals surface area (Å²) in [5, 5.41) is 14.2. The summed E-state index contributed by atoms with van der Waals surface area (Å²) in [5.74, 6) is 0.368. The van der Waals surface area contributed by atoms with E-state index in [1.165, 1.54) is 18.5 Å². The fourth-order valence-electron chi connectivity index (χ4n) is 1.96. The van der Waals surface area contributed by atoms with E-state index >= 15 is 0 Å². The minimum Gasteiger partial charge on any atom is -0.388 e. The van der Waals surface area contributed by atoms with Gasteiger partial charge in [-0.15, -0.1) is 0 Å². The lowest BCUT2D eigenvalue weighted by atomic mass is 10.0. The summed E-state index contributed by atoms with van der Waals surface area (Å²) < 4.78 is 15.0. The standard InChI is InChI=1S/C13H16FN3O/c1-3-17-13(15-8-16-17)7-12(18)10-4-9(2)5-11(14)6-10/h4-6,8,12,18H,3,7H2,1-2H3. The molecule has 0 aliphatic heterocycles. The Balaban J connectivity index is 2.19. The van der Waals surface area contributed by atoms with Crippen LogP contribution in [-0.2, 0) is 13.0 Å². The van der Waals surface area contributed by atoms with Crippen molar-refractivity contribution in [2.75, 3.05) is 0 Å². The number of nitrogens with zero attached hydrogens (tertiary/aromatic N) is 3. The number of hydrogen-bond donors (Lipinski definition) is 1. The van der Waals surface area contributed by atoms with Crippen molar-refractivity contribution < 1.29 is 9.50 Å². The largest absolute Gasteiger partial charge is 0.388 e. The average molecular weight is 249 g/mol. The van der Waals surface area contributed by atoms with Crippen LogP contribution in [0.25, 0.3) is 0 Å². The van der Waals surface area contributed by atoms with Gasteiger partial charge in [0.2, 0.25) is 0 Å². The summed E-state index contributed by atoms with van der Waals surface area (Å²) in [6.45, 7) is 4.45. The van der Waals surface area contributed by atoms with E-state index in [0.29, 0.717) is 24.4 Å². The summed E-state index contributed by atoms with van der Waals surface area (Å²) in [4.78, 5) is 4.10. The van der Waals surface area contributed by atoms with E-state index in [1.807, 2.05) is 6.92 Å². The van der Waals surface area contributed by atoms with Crippen molar-refractivity contribution in [1.82, 2.24) is 14.8 Å². The van der Waals surface area contributed by atoms with Gasteiger partial charge in [-0.25, -0.2) is 9.37 Å². The molecule has 0 amide bonds. The third-order valence-electron chi connectivity index (χ3n) is 2.82. The summed E-state index contributed by atoms with van der Waals surface area (Å²) in [7, 11) is 0. The van der Waals surface area contributed by atoms with Gasteiger partial charge < -0.3 is 5.11 Å². The molecule has 1 aromatic carbocycles. The maximum absolute atomic E-state index is 13.3. The van der Waals surface area contributed by atoms with Gasteiger partial charge in [-0.1, -0.05) is 6.07 Å². The van der Waals surface area contributed by atoms with Crippen LogP contribution in [-0.4, -0.2) is 19.9 Å². The number of aliphatic hydroxyl groups is 1. The Hall–Kier alpha value is -1.75. The molecule has 4 nitrogen and oxygen atoms in total. The normalized spacial score (nSPS) is 12.7. The van der Waals surface area contributed by atoms with E-state index in [1.54, 1.807) is 17.7 Å². The predicted molar refractivity (Wildman–Crippen MR) is 65.5 cm³/mol. The fraction of sp³-hybridized carbons (Fsp3) is 0.385. The van der Waals surface area contributed by atoms with Crippen molar-refractivity contribution in [2.45, 2.75) is 32.9 Å². The summed E-state index contributed by atoms with van der Waals surface area (Å²) in [6, 6.07) is 4.56. The van der Waals surface area contributed by atoms with E-state index in [2.05, 4.69) is 10.1 Å². The lowest BCUT2D eigenvalue weighted by Crippen LogP contribution is -2.10. The molecule has 0 saturated heterocycles. The highest BCUT2D eigenvalue weighted by molar-refractivity contribution is 5.25. The van der Waals surface area contributed by atoms with Crippen molar-refractivity contribution in [2.24, 2.45) is 0 Å². The second-order valence-corrected chi connectivity index (χ2v) is 4.27. The van der Waals surface area contributed by atoms with Gasteiger partial charge in [0.05, 0.1) is 6.10 Å². The van der Waals surface area contributed by atoms with Gasteiger partial charge in [0.25, 0.3) is 0 Å². The molecule has 1 aromatic heterocycles. The summed E-state index contributed by atoms with van der Waals surface area (Å²) in [6.07, 6.45) is 1.02. The number of aliphatic hydroxyl groups excluding tert-OH is 1. The summed E-state index contributed by atoms with van der Waals surface area (Å²) in [5.41, 5.74) is 1.36. The number of aryl methyl sites for hydroxylation is 2. The molecule has 1 unspecified atom stereocenters. The predicted octanol–water partition coefficient (Wildman–Crippen LogP) is 2.02. The molecule has 2 rings (SSSR count). The highest BCUT2D eigenvalue weighted by Crippen LogP contribution is 2.19. The fourth-order valence-corrected chi connectivity index (χ4v) is 1.96. The first-order valence-corrected chi connectivity index (χ1v) is 5.92. The number of halogens is 1. The molecule has 96 valence electrons. The van der Waals surface area contributed by atoms with Gasteiger partial charge in [0, 0.05) is 13.0 Å². The SMILES string of the molecule is CCn1ncnc1CC(O)c1cc(C)cc(F)c1. The van der Waals surface area contributed by atoms with Crippen LogP contribution in [0.1, 0.15) is 30.0 Å². The first kappa shape index (κ1) is 12.7. The van der Waals surface area contributed by atoms with Crippen LogP contribution in [0, 0.1) is 12.7 Å². The molecule has 0 spiro atoms. The van der Waals surface area contributed by atoms with Gasteiger partial charge in [0.15, 0.2) is 0 Å². The first-order valence-electron chi connectivity index (χ1n) is 5.92. The van der Waals surface area contributed by atoms with Crippen LogP contribution < -0.4 is 0 Å². The lowest BCUT2D eigenvalue weighted by molar-refractivity contribution is 0.173. The Labute approximate surface area is 105 Å². The van der Waals surface area contributed by atoms with Crippen LogP contribution >= 0.6 is 0 Å². The van der Waals surface area contributed by atoms with Crippen molar-refractivity contribution in [3.63, 3.8) is 0 Å². The van der Waals surface area contributed by atoms with Crippen molar-refractivity contribution in [3.05, 3.63) is 47.3 Å². The third-order valence-corrected chi connectivity index (χ3v) is 2.82. The quantitative estimate of drug-likeness (QED) is 0.902. The lowest BCUT2D eigenvalue weighted by Gasteiger charge is -2.12. The molecule has 0 saturated carbocycles. The maximum Gasteiger partial charge on any atom is 0.138 e. The van der Waals surface area contributed by atoms with Gasteiger partial charge in [-0.2, -0.15) is 5.10 Å². The average Bonchev–Trinajstić information content (AvgIpc) is 2.75. The number of aromatic nitrogens is 3. The zero-order valence-corrected chi connectivity index (χ0v) is 10.5. The van der Waals surface area contributed by atoms with Gasteiger partial charge in [0.1, 0.15) is 18.0 Å². The zero-order valence-electron chi connectivity index (χ0n) is 10.5. The zero-order chi connectivity index (χ0) is 13.1. The van der Waals surface area contributed by atoms with Crippen LogP contribution in [0.4, 0.5) is 4.39 Å². The van der Waals surface area contributed by atoms with E-state index in [4.69, 9.17) is 0 Å². The summed E-state index contributed by atoms with van der Waals surface area (Å²) >= 11 is 0. The van der Waals surface area contributed by atoms with Crippen molar-refractivity contribution >= 4 is 0 Å². The van der Waals surface area contributed by atoms with Gasteiger partial charge in [-0.3, -0.25) is 4.68 Å². The molecule has 0 radical (unpaired) electrons. The van der Waals surface area contributed by atoms with Crippen LogP contribution in [0.5, 0.6) is 0 Å². The number of benzene rings is 1. The second-order valence-electron chi connectivity index (χ2n) is 4.27. The second kappa shape index (κ2) is 5.27. The number of hydrogen-bond acceptors (Lipinski definition) is 3. The Morgan fingerprint density at radius 2 is 2.17 bits per heavy atom. The smallest absolute Gasteiger partial charge is 0.138 e. The highest BCUT2D eigenvalue weighted by atomic mass is 19.1. The van der Waals surface area contributed by atoms with E-state index in [-0.39, 0.29) is 5.82 Å². The first-order chi connectivity index (χ1) is 8.60. The molecule has 0 aliphatic rings. The van der Waals surface area contributed by atoms with Gasteiger partial charge in [-0.05, 0) is 37.1 Å². The van der Waals surface area contributed by atoms with Crippen molar-refractivity contribution in [3.8, 4) is 0 Å². The molecular weight excluding hydrogens is 233 g/mol. The third kappa shape index (κ3) is 2.73. The van der Waals surface area contributed by atoms with Crippen LogP contribution in [0.15, 0.2) is 24.5 Å². The molecule has 1 heterocycles. The molecule has 0 bridgehead atoms. The molecule has 0 fully saturated rings. The van der Waals surface area contributed by atoms with Gasteiger partial charge >= 0.3 is 0 Å². The van der Waals surface area contributed by atoms with E-state index in [9.17, 15) is 9.50 Å².